The predicted molar refractivity (Wildman–Crippen MR) is 116 cm³/mol. The van der Waals surface area contributed by atoms with E-state index in [2.05, 4.69) is 34.5 Å². The van der Waals surface area contributed by atoms with E-state index in [1.165, 1.54) is 11.1 Å². The zero-order chi connectivity index (χ0) is 22.1. The molecule has 8 heteroatoms. The van der Waals surface area contributed by atoms with Crippen LogP contribution in [-0.2, 0) is 30.9 Å². The van der Waals surface area contributed by atoms with E-state index in [0.717, 1.165) is 42.9 Å². The highest BCUT2D eigenvalue weighted by molar-refractivity contribution is 5.74. The molecule has 4 rings (SSSR count). The van der Waals surface area contributed by atoms with Crippen LogP contribution in [0, 0.1) is 0 Å². The first kappa shape index (κ1) is 22.6. The third-order valence-electron chi connectivity index (χ3n) is 5.49. The van der Waals surface area contributed by atoms with E-state index in [1.54, 1.807) is 4.90 Å². The number of benzene rings is 2. The Hall–Kier alpha value is -3.10. The van der Waals surface area contributed by atoms with E-state index in [9.17, 15) is 9.90 Å². The van der Waals surface area contributed by atoms with Crippen molar-refractivity contribution >= 4 is 12.5 Å². The Morgan fingerprint density at radius 1 is 1.10 bits per heavy atom. The minimum atomic E-state index is -0.250. The number of amides is 2. The van der Waals surface area contributed by atoms with Gasteiger partial charge in [0.1, 0.15) is 12.4 Å². The number of aliphatic hydroxyl groups is 1. The van der Waals surface area contributed by atoms with Crippen LogP contribution in [0.2, 0.25) is 0 Å². The molecule has 2 aliphatic rings. The number of carboxylic acid groups (broad SMARTS) is 1. The van der Waals surface area contributed by atoms with Crippen molar-refractivity contribution < 1.29 is 24.5 Å². The minimum absolute atomic E-state index is 0.0154. The van der Waals surface area contributed by atoms with Gasteiger partial charge in [0, 0.05) is 31.7 Å². The summed E-state index contributed by atoms with van der Waals surface area (Å²) in [4.78, 5) is 25.2. The van der Waals surface area contributed by atoms with Crippen LogP contribution in [0.5, 0.6) is 5.75 Å². The standard InChI is InChI=1S/C22H27N3O3.CH2O2/c26-16-17-5-6-21-20(13-17)15-25(11-12-28-21)22(27)23-8-10-24-9-7-18-3-1-2-4-19(18)14-24;2-1-3/h1-6,13,26H,7-12,14-16H2,(H,23,27);1H,(H,2,3). The Bertz CT molecular complexity index is 889. The van der Waals surface area contributed by atoms with Gasteiger partial charge in [0.15, 0.2) is 0 Å². The second-order valence-corrected chi connectivity index (χ2v) is 7.50. The van der Waals surface area contributed by atoms with Crippen molar-refractivity contribution in [2.45, 2.75) is 26.1 Å². The number of ether oxygens (including phenoxy) is 1. The predicted octanol–water partition coefficient (Wildman–Crippen LogP) is 1.84. The summed E-state index contributed by atoms with van der Waals surface area (Å²) in [5.74, 6) is 0.791. The lowest BCUT2D eigenvalue weighted by Crippen LogP contribution is -2.44. The van der Waals surface area contributed by atoms with E-state index in [0.29, 0.717) is 26.2 Å². The molecule has 3 N–H and O–H groups in total. The molecule has 0 aromatic heterocycles. The monoisotopic (exact) mass is 427 g/mol. The molecule has 166 valence electrons. The number of fused-ring (bicyclic) bond motifs is 2. The molecule has 0 saturated heterocycles. The molecule has 0 atom stereocenters. The van der Waals surface area contributed by atoms with Crippen LogP contribution in [0.3, 0.4) is 0 Å². The van der Waals surface area contributed by atoms with E-state index in [1.807, 2.05) is 18.2 Å². The fraction of sp³-hybridized carbons (Fsp3) is 0.391. The maximum atomic E-state index is 12.6. The molecule has 0 aliphatic carbocycles. The zero-order valence-corrected chi connectivity index (χ0v) is 17.5. The Kier molecular flexibility index (Phi) is 8.26. The number of carbonyl (C=O) groups is 2. The van der Waals surface area contributed by atoms with E-state index in [-0.39, 0.29) is 19.1 Å². The highest BCUT2D eigenvalue weighted by atomic mass is 16.5. The van der Waals surface area contributed by atoms with E-state index >= 15 is 0 Å². The summed E-state index contributed by atoms with van der Waals surface area (Å²) < 4.78 is 5.75. The molecule has 8 nitrogen and oxygen atoms in total. The number of rotatable bonds is 4. The van der Waals surface area contributed by atoms with Crippen LogP contribution in [0.15, 0.2) is 42.5 Å². The Labute approximate surface area is 182 Å². The van der Waals surface area contributed by atoms with Gasteiger partial charge in [0.05, 0.1) is 19.7 Å². The molecular formula is C23H29N3O5. The molecule has 0 radical (unpaired) electrons. The van der Waals surface area contributed by atoms with Crippen molar-refractivity contribution in [3.63, 3.8) is 0 Å². The maximum absolute atomic E-state index is 12.6. The molecule has 0 fully saturated rings. The Morgan fingerprint density at radius 3 is 2.65 bits per heavy atom. The Balaban J connectivity index is 0.000000858. The quantitative estimate of drug-likeness (QED) is 0.644. The van der Waals surface area contributed by atoms with Crippen LogP contribution in [0.4, 0.5) is 4.79 Å². The maximum Gasteiger partial charge on any atom is 0.317 e. The number of nitrogens with zero attached hydrogens (tertiary/aromatic N) is 2. The molecule has 0 unspecified atom stereocenters. The molecule has 2 aliphatic heterocycles. The summed E-state index contributed by atoms with van der Waals surface area (Å²) in [5.41, 5.74) is 4.59. The summed E-state index contributed by atoms with van der Waals surface area (Å²) in [6.07, 6.45) is 1.07. The van der Waals surface area contributed by atoms with Gasteiger partial charge >= 0.3 is 6.03 Å². The number of aliphatic hydroxyl groups excluding tert-OH is 1. The van der Waals surface area contributed by atoms with Gasteiger partial charge in [-0.25, -0.2) is 4.79 Å². The summed E-state index contributed by atoms with van der Waals surface area (Å²) in [7, 11) is 0. The van der Waals surface area contributed by atoms with Gasteiger partial charge in [-0.2, -0.15) is 0 Å². The number of hydrogen-bond donors (Lipinski definition) is 3. The molecule has 2 aromatic carbocycles. The summed E-state index contributed by atoms with van der Waals surface area (Å²) in [6, 6.07) is 14.1. The molecule has 2 heterocycles. The van der Waals surface area contributed by atoms with Crippen LogP contribution in [-0.4, -0.2) is 65.3 Å². The number of hydrogen-bond acceptors (Lipinski definition) is 5. The van der Waals surface area contributed by atoms with Gasteiger partial charge in [0.25, 0.3) is 6.47 Å². The first-order chi connectivity index (χ1) is 15.1. The fourth-order valence-corrected chi connectivity index (χ4v) is 3.90. The molecule has 0 spiro atoms. The van der Waals surface area contributed by atoms with Crippen LogP contribution in [0.25, 0.3) is 0 Å². The van der Waals surface area contributed by atoms with Crippen molar-refractivity contribution in [2.75, 3.05) is 32.8 Å². The summed E-state index contributed by atoms with van der Waals surface area (Å²) in [6.45, 7) is 4.69. The van der Waals surface area contributed by atoms with Crippen LogP contribution in [0.1, 0.15) is 22.3 Å². The molecule has 0 saturated carbocycles. The lowest BCUT2D eigenvalue weighted by atomic mass is 10.00. The van der Waals surface area contributed by atoms with Crippen molar-refractivity contribution in [1.29, 1.82) is 0 Å². The molecule has 31 heavy (non-hydrogen) atoms. The van der Waals surface area contributed by atoms with Gasteiger partial charge in [-0.05, 0) is 35.2 Å². The van der Waals surface area contributed by atoms with E-state index in [4.69, 9.17) is 14.6 Å². The van der Waals surface area contributed by atoms with Crippen molar-refractivity contribution in [3.05, 3.63) is 64.7 Å². The summed E-state index contributed by atoms with van der Waals surface area (Å²) >= 11 is 0. The molecule has 2 amide bonds. The smallest absolute Gasteiger partial charge is 0.317 e. The average Bonchev–Trinajstić information content (AvgIpc) is 3.01. The van der Waals surface area contributed by atoms with Gasteiger partial charge < -0.3 is 25.2 Å². The molecule has 0 bridgehead atoms. The van der Waals surface area contributed by atoms with Gasteiger partial charge in [-0.3, -0.25) is 9.69 Å². The van der Waals surface area contributed by atoms with E-state index < -0.39 is 0 Å². The SMILES string of the molecule is O=C(NCCN1CCc2ccccc2C1)N1CCOc2ccc(CO)cc2C1.O=CO. The molecular weight excluding hydrogens is 398 g/mol. The number of urea groups is 1. The lowest BCUT2D eigenvalue weighted by molar-refractivity contribution is -0.122. The highest BCUT2D eigenvalue weighted by Crippen LogP contribution is 2.24. The van der Waals surface area contributed by atoms with Crippen molar-refractivity contribution in [3.8, 4) is 5.75 Å². The van der Waals surface area contributed by atoms with Gasteiger partial charge in [-0.1, -0.05) is 30.3 Å². The first-order valence-corrected chi connectivity index (χ1v) is 10.4. The second kappa shape index (κ2) is 11.3. The average molecular weight is 428 g/mol. The minimum Gasteiger partial charge on any atom is -0.491 e. The normalized spacial score (nSPS) is 15.3. The zero-order valence-electron chi connectivity index (χ0n) is 17.5. The first-order valence-electron chi connectivity index (χ1n) is 10.4. The van der Waals surface area contributed by atoms with Crippen molar-refractivity contribution in [1.82, 2.24) is 15.1 Å². The third kappa shape index (κ3) is 6.19. The third-order valence-corrected chi connectivity index (χ3v) is 5.49. The van der Waals surface area contributed by atoms with Gasteiger partial charge in [0.2, 0.25) is 0 Å². The van der Waals surface area contributed by atoms with Crippen molar-refractivity contribution in [2.24, 2.45) is 0 Å². The van der Waals surface area contributed by atoms with Gasteiger partial charge in [-0.15, -0.1) is 0 Å². The topological polar surface area (TPSA) is 102 Å². The highest BCUT2D eigenvalue weighted by Gasteiger charge is 2.21. The number of nitrogens with one attached hydrogen (secondary N) is 1. The largest absolute Gasteiger partial charge is 0.491 e. The lowest BCUT2D eigenvalue weighted by Gasteiger charge is -2.29. The fourth-order valence-electron chi connectivity index (χ4n) is 3.90. The Morgan fingerprint density at radius 2 is 1.87 bits per heavy atom. The molecule has 2 aromatic rings. The summed E-state index contributed by atoms with van der Waals surface area (Å²) in [5, 5.41) is 19.3. The number of carbonyl (C=O) groups excluding carboxylic acids is 1. The van der Waals surface area contributed by atoms with Crippen LogP contribution >= 0.6 is 0 Å². The van der Waals surface area contributed by atoms with Crippen LogP contribution < -0.4 is 10.1 Å². The second-order valence-electron chi connectivity index (χ2n) is 7.50.